The van der Waals surface area contributed by atoms with E-state index in [0.29, 0.717) is 5.56 Å². The summed E-state index contributed by atoms with van der Waals surface area (Å²) in [6, 6.07) is 4.04. The average molecular weight is 320 g/mol. The number of benzene rings is 1. The van der Waals surface area contributed by atoms with Crippen LogP contribution in [0, 0.1) is 0 Å². The number of nitrogens with one attached hydrogen (secondary N) is 2. The van der Waals surface area contributed by atoms with E-state index in [1.165, 1.54) is 12.1 Å². The van der Waals surface area contributed by atoms with E-state index >= 15 is 0 Å². The molecule has 0 radical (unpaired) electrons. The van der Waals surface area contributed by atoms with Crippen molar-refractivity contribution in [2.24, 2.45) is 0 Å². The first-order chi connectivity index (χ1) is 10.2. The van der Waals surface area contributed by atoms with Crippen molar-refractivity contribution in [3.8, 4) is 5.75 Å². The molecule has 0 aliphatic rings. The van der Waals surface area contributed by atoms with E-state index in [4.69, 9.17) is 5.11 Å². The number of rotatable bonds is 6. The second kappa shape index (κ2) is 7.53. The van der Waals surface area contributed by atoms with E-state index in [0.717, 1.165) is 12.1 Å². The third-order valence-electron chi connectivity index (χ3n) is 2.59. The normalized spacial score (nSPS) is 12.4. The third-order valence-corrected chi connectivity index (χ3v) is 2.59. The van der Waals surface area contributed by atoms with E-state index in [-0.39, 0.29) is 18.7 Å². The van der Waals surface area contributed by atoms with Crippen molar-refractivity contribution < 1.29 is 32.6 Å². The number of hydrogen-bond acceptors (Lipinski definition) is 3. The molecule has 1 aromatic rings. The van der Waals surface area contributed by atoms with Crippen molar-refractivity contribution in [1.82, 2.24) is 10.6 Å². The zero-order chi connectivity index (χ0) is 16.8. The summed E-state index contributed by atoms with van der Waals surface area (Å²) in [6.07, 6.45) is -4.96. The maximum Gasteiger partial charge on any atom is 0.573 e. The van der Waals surface area contributed by atoms with Gasteiger partial charge in [-0.1, -0.05) is 12.1 Å². The van der Waals surface area contributed by atoms with Crippen LogP contribution in [-0.2, 0) is 4.79 Å². The van der Waals surface area contributed by atoms with Crippen LogP contribution in [0.3, 0.4) is 0 Å². The highest BCUT2D eigenvalue weighted by molar-refractivity contribution is 5.75. The molecule has 0 fully saturated rings. The van der Waals surface area contributed by atoms with Crippen LogP contribution in [0.15, 0.2) is 24.3 Å². The lowest BCUT2D eigenvalue weighted by atomic mass is 10.1. The molecule has 6 nitrogen and oxygen atoms in total. The highest BCUT2D eigenvalue weighted by Gasteiger charge is 2.31. The van der Waals surface area contributed by atoms with Crippen molar-refractivity contribution in [1.29, 1.82) is 0 Å². The minimum atomic E-state index is -4.75. The molecule has 0 aliphatic heterocycles. The Labute approximate surface area is 124 Å². The van der Waals surface area contributed by atoms with Crippen molar-refractivity contribution in [2.45, 2.75) is 25.7 Å². The third kappa shape index (κ3) is 6.82. The Kier molecular flexibility index (Phi) is 6.02. The summed E-state index contributed by atoms with van der Waals surface area (Å²) in [7, 11) is 0. The number of carboxylic acid groups (broad SMARTS) is 1. The van der Waals surface area contributed by atoms with Crippen LogP contribution in [0.1, 0.15) is 24.9 Å². The van der Waals surface area contributed by atoms with Crippen LogP contribution in [0.4, 0.5) is 18.0 Å². The lowest BCUT2D eigenvalue weighted by molar-refractivity contribution is -0.274. The van der Waals surface area contributed by atoms with Gasteiger partial charge in [-0.15, -0.1) is 13.2 Å². The molecular formula is C13H15F3N2O4. The quantitative estimate of drug-likeness (QED) is 0.751. The molecular weight excluding hydrogens is 305 g/mol. The van der Waals surface area contributed by atoms with Gasteiger partial charge in [0.15, 0.2) is 0 Å². The lowest BCUT2D eigenvalue weighted by Gasteiger charge is -2.15. The Bertz CT molecular complexity index is 517. The maximum atomic E-state index is 12.0. The molecule has 3 N–H and O–H groups in total. The van der Waals surface area contributed by atoms with Gasteiger partial charge in [0, 0.05) is 6.54 Å². The largest absolute Gasteiger partial charge is 0.573 e. The summed E-state index contributed by atoms with van der Waals surface area (Å²) in [6.45, 7) is 1.61. The first-order valence-corrected chi connectivity index (χ1v) is 6.29. The number of ether oxygens (including phenoxy) is 1. The van der Waals surface area contributed by atoms with Gasteiger partial charge in [-0.25, -0.2) is 4.79 Å². The molecule has 122 valence electrons. The summed E-state index contributed by atoms with van der Waals surface area (Å²) in [5.74, 6) is -1.39. The molecule has 22 heavy (non-hydrogen) atoms. The zero-order valence-corrected chi connectivity index (χ0v) is 11.6. The Morgan fingerprint density at radius 1 is 1.27 bits per heavy atom. The maximum absolute atomic E-state index is 12.0. The van der Waals surface area contributed by atoms with Gasteiger partial charge in [0.1, 0.15) is 5.75 Å². The second-order valence-electron chi connectivity index (χ2n) is 4.38. The fraction of sp³-hybridized carbons (Fsp3) is 0.385. The van der Waals surface area contributed by atoms with Crippen molar-refractivity contribution in [2.75, 3.05) is 6.54 Å². The van der Waals surface area contributed by atoms with Gasteiger partial charge < -0.3 is 20.5 Å². The Balaban J connectivity index is 2.50. The number of hydrogen-bond donors (Lipinski definition) is 3. The van der Waals surface area contributed by atoms with Gasteiger partial charge in [-0.3, -0.25) is 4.79 Å². The minimum Gasteiger partial charge on any atom is -0.481 e. The molecule has 2 amide bonds. The van der Waals surface area contributed by atoms with Gasteiger partial charge in [0.25, 0.3) is 0 Å². The number of urea groups is 1. The molecule has 9 heteroatoms. The number of halogens is 3. The zero-order valence-electron chi connectivity index (χ0n) is 11.6. The van der Waals surface area contributed by atoms with E-state index in [1.807, 2.05) is 0 Å². The van der Waals surface area contributed by atoms with E-state index in [9.17, 15) is 22.8 Å². The number of carboxylic acids is 1. The first-order valence-electron chi connectivity index (χ1n) is 6.29. The standard InChI is InChI=1S/C13H15F3N2O4/c1-8(18-12(21)17-7-6-11(19)20)9-2-4-10(5-3-9)22-13(14,15)16/h2-5,8H,6-7H2,1H3,(H,19,20)(H2,17,18,21)/t8-/m0/s1. The predicted octanol–water partition coefficient (Wildman–Crippen LogP) is 2.42. The van der Waals surface area contributed by atoms with Gasteiger partial charge in [0.05, 0.1) is 12.5 Å². The smallest absolute Gasteiger partial charge is 0.481 e. The Morgan fingerprint density at radius 2 is 1.86 bits per heavy atom. The highest BCUT2D eigenvalue weighted by atomic mass is 19.4. The van der Waals surface area contributed by atoms with Gasteiger partial charge in [-0.2, -0.15) is 0 Å². The van der Waals surface area contributed by atoms with Gasteiger partial charge in [0.2, 0.25) is 0 Å². The van der Waals surface area contributed by atoms with Gasteiger partial charge in [-0.05, 0) is 24.6 Å². The Morgan fingerprint density at radius 3 is 2.36 bits per heavy atom. The number of alkyl halides is 3. The molecule has 0 aliphatic carbocycles. The summed E-state index contributed by atoms with van der Waals surface area (Å²) < 4.78 is 39.8. The molecule has 1 atom stereocenters. The van der Waals surface area contributed by atoms with E-state index < -0.39 is 24.4 Å². The fourth-order valence-electron chi connectivity index (χ4n) is 1.57. The van der Waals surface area contributed by atoms with Crippen LogP contribution in [0.2, 0.25) is 0 Å². The summed E-state index contributed by atoms with van der Waals surface area (Å²) in [5.41, 5.74) is 0.572. The predicted molar refractivity (Wildman–Crippen MR) is 70.3 cm³/mol. The van der Waals surface area contributed by atoms with Gasteiger partial charge >= 0.3 is 18.4 Å². The second-order valence-corrected chi connectivity index (χ2v) is 4.38. The lowest BCUT2D eigenvalue weighted by Crippen LogP contribution is -2.38. The van der Waals surface area contributed by atoms with E-state index in [2.05, 4.69) is 15.4 Å². The molecule has 1 aromatic carbocycles. The first kappa shape index (κ1) is 17.6. The molecule has 0 saturated carbocycles. The minimum absolute atomic E-state index is 0.0216. The van der Waals surface area contributed by atoms with Crippen LogP contribution in [0.25, 0.3) is 0 Å². The number of carbonyl (C=O) groups is 2. The van der Waals surface area contributed by atoms with Crippen LogP contribution >= 0.6 is 0 Å². The molecule has 0 heterocycles. The highest BCUT2D eigenvalue weighted by Crippen LogP contribution is 2.24. The summed E-state index contributed by atoms with van der Waals surface area (Å²) in [5, 5.41) is 13.3. The SMILES string of the molecule is C[C@H](NC(=O)NCCC(=O)O)c1ccc(OC(F)(F)F)cc1. The number of aliphatic carboxylic acids is 1. The molecule has 0 spiro atoms. The average Bonchev–Trinajstić information content (AvgIpc) is 2.37. The number of carbonyl (C=O) groups excluding carboxylic acids is 1. The van der Waals surface area contributed by atoms with E-state index in [1.54, 1.807) is 6.92 Å². The molecule has 0 bridgehead atoms. The molecule has 0 unspecified atom stereocenters. The molecule has 0 saturated heterocycles. The van der Waals surface area contributed by atoms with Crippen LogP contribution in [0.5, 0.6) is 5.75 Å². The topological polar surface area (TPSA) is 87.7 Å². The van der Waals surface area contributed by atoms with Crippen molar-refractivity contribution >= 4 is 12.0 Å². The Hall–Kier alpha value is -2.45. The monoisotopic (exact) mass is 320 g/mol. The number of amides is 2. The fourth-order valence-corrected chi connectivity index (χ4v) is 1.57. The van der Waals surface area contributed by atoms with Crippen molar-refractivity contribution in [3.05, 3.63) is 29.8 Å². The van der Waals surface area contributed by atoms with Crippen molar-refractivity contribution in [3.63, 3.8) is 0 Å². The summed E-state index contributed by atoms with van der Waals surface area (Å²) in [4.78, 5) is 21.8. The molecule has 0 aromatic heterocycles. The summed E-state index contributed by atoms with van der Waals surface area (Å²) >= 11 is 0. The molecule has 1 rings (SSSR count). The van der Waals surface area contributed by atoms with Crippen LogP contribution in [-0.4, -0.2) is 30.0 Å². The van der Waals surface area contributed by atoms with Crippen LogP contribution < -0.4 is 15.4 Å².